The van der Waals surface area contributed by atoms with E-state index < -0.39 is 5.92 Å². The van der Waals surface area contributed by atoms with Crippen LogP contribution in [0.25, 0.3) is 0 Å². The van der Waals surface area contributed by atoms with Crippen molar-refractivity contribution in [2.75, 3.05) is 5.32 Å². The van der Waals surface area contributed by atoms with Gasteiger partial charge in [-0.15, -0.1) is 11.3 Å². The summed E-state index contributed by atoms with van der Waals surface area (Å²) in [5.74, 6) is -0.935. The number of amides is 3. The molecule has 0 fully saturated rings. The van der Waals surface area contributed by atoms with Crippen LogP contribution in [0.4, 0.5) is 5.69 Å². The van der Waals surface area contributed by atoms with Gasteiger partial charge in [-0.05, 0) is 53.9 Å². The van der Waals surface area contributed by atoms with Gasteiger partial charge >= 0.3 is 0 Å². The molecule has 6 nitrogen and oxygen atoms in total. The van der Waals surface area contributed by atoms with Gasteiger partial charge in [-0.1, -0.05) is 39.0 Å². The largest absolute Gasteiger partial charge is 0.326 e. The Labute approximate surface area is 180 Å². The fraction of sp³-hybridized carbons (Fsp3) is 0.435. The molecular formula is C23H27N3O3S. The lowest BCUT2D eigenvalue weighted by atomic mass is 9.72. The maximum Gasteiger partial charge on any atom is 0.279 e. The second-order valence-electron chi connectivity index (χ2n) is 9.20. The van der Waals surface area contributed by atoms with Crippen molar-refractivity contribution in [1.82, 2.24) is 10.9 Å². The molecule has 0 saturated heterocycles. The molecule has 2 unspecified atom stereocenters. The second-order valence-corrected chi connectivity index (χ2v) is 10.3. The summed E-state index contributed by atoms with van der Waals surface area (Å²) in [4.78, 5) is 39.1. The van der Waals surface area contributed by atoms with Gasteiger partial charge < -0.3 is 5.32 Å². The van der Waals surface area contributed by atoms with Crippen LogP contribution in [0.3, 0.4) is 0 Å². The van der Waals surface area contributed by atoms with Crippen molar-refractivity contribution < 1.29 is 14.4 Å². The quantitative estimate of drug-likeness (QED) is 0.640. The molecule has 0 saturated carbocycles. The average Bonchev–Trinajstić information content (AvgIpc) is 3.14. The van der Waals surface area contributed by atoms with Gasteiger partial charge in [0, 0.05) is 17.0 Å². The topological polar surface area (TPSA) is 87.3 Å². The third-order valence-corrected chi connectivity index (χ3v) is 7.38. The highest BCUT2D eigenvalue weighted by molar-refractivity contribution is 7.14. The molecule has 1 aliphatic heterocycles. The van der Waals surface area contributed by atoms with Gasteiger partial charge in [0.1, 0.15) is 0 Å². The van der Waals surface area contributed by atoms with Crippen LogP contribution in [0.5, 0.6) is 0 Å². The minimum Gasteiger partial charge on any atom is -0.326 e. The van der Waals surface area contributed by atoms with Crippen molar-refractivity contribution in [3.63, 3.8) is 0 Å². The molecule has 30 heavy (non-hydrogen) atoms. The maximum absolute atomic E-state index is 12.7. The molecule has 4 rings (SSSR count). The molecule has 3 N–H and O–H groups in total. The number of hydrogen-bond donors (Lipinski definition) is 3. The summed E-state index contributed by atoms with van der Waals surface area (Å²) in [5.41, 5.74) is 7.94. The third kappa shape index (κ3) is 4.12. The monoisotopic (exact) mass is 425 g/mol. The van der Waals surface area contributed by atoms with Crippen molar-refractivity contribution in [2.45, 2.75) is 52.4 Å². The molecule has 0 radical (unpaired) electrons. The number of nitrogens with one attached hydrogen (secondary N) is 3. The molecule has 7 heteroatoms. The highest BCUT2D eigenvalue weighted by Gasteiger charge is 2.32. The molecule has 0 bridgehead atoms. The second kappa shape index (κ2) is 7.87. The Bertz CT molecular complexity index is 1010. The summed E-state index contributed by atoms with van der Waals surface area (Å²) in [6.07, 6.45) is 3.18. The zero-order chi connectivity index (χ0) is 21.5. The predicted molar refractivity (Wildman–Crippen MR) is 117 cm³/mol. The average molecular weight is 426 g/mol. The Hall–Kier alpha value is -2.67. The van der Waals surface area contributed by atoms with Crippen LogP contribution in [-0.2, 0) is 22.4 Å². The van der Waals surface area contributed by atoms with Crippen molar-refractivity contribution in [1.29, 1.82) is 0 Å². The number of para-hydroxylation sites is 1. The van der Waals surface area contributed by atoms with Crippen LogP contribution >= 0.6 is 11.3 Å². The van der Waals surface area contributed by atoms with Crippen LogP contribution in [0.1, 0.15) is 65.2 Å². The minimum absolute atomic E-state index is 0.0558. The van der Waals surface area contributed by atoms with E-state index in [0.717, 1.165) is 24.8 Å². The highest BCUT2D eigenvalue weighted by atomic mass is 32.1. The van der Waals surface area contributed by atoms with Crippen molar-refractivity contribution in [3.05, 3.63) is 51.2 Å². The number of hydrogen-bond acceptors (Lipinski definition) is 4. The lowest BCUT2D eigenvalue weighted by molar-refractivity contribution is -0.126. The number of fused-ring (bicyclic) bond motifs is 2. The van der Waals surface area contributed by atoms with Gasteiger partial charge in [0.15, 0.2) is 0 Å². The van der Waals surface area contributed by atoms with E-state index >= 15 is 0 Å². The van der Waals surface area contributed by atoms with Crippen LogP contribution in [0.2, 0.25) is 0 Å². The number of benzene rings is 1. The van der Waals surface area contributed by atoms with Crippen LogP contribution < -0.4 is 16.2 Å². The number of thiophene rings is 1. The van der Waals surface area contributed by atoms with Crippen LogP contribution in [-0.4, -0.2) is 17.7 Å². The number of carbonyl (C=O) groups excluding carboxylic acids is 3. The first-order valence-corrected chi connectivity index (χ1v) is 11.1. The Kier molecular flexibility index (Phi) is 5.40. The van der Waals surface area contributed by atoms with Crippen LogP contribution in [0, 0.1) is 11.3 Å². The molecule has 2 aromatic rings. The predicted octanol–water partition coefficient (Wildman–Crippen LogP) is 3.79. The normalized spacial score (nSPS) is 20.6. The van der Waals surface area contributed by atoms with E-state index in [4.69, 9.17) is 0 Å². The van der Waals surface area contributed by atoms with E-state index in [-0.39, 0.29) is 29.6 Å². The molecule has 0 spiro atoms. The number of aryl methyl sites for hydroxylation is 1. The molecule has 1 aromatic heterocycles. The van der Waals surface area contributed by atoms with E-state index in [1.165, 1.54) is 21.8 Å². The van der Waals surface area contributed by atoms with E-state index in [9.17, 15) is 14.4 Å². The van der Waals surface area contributed by atoms with Gasteiger partial charge in [0.2, 0.25) is 11.8 Å². The van der Waals surface area contributed by atoms with Gasteiger partial charge in [-0.2, -0.15) is 0 Å². The first-order chi connectivity index (χ1) is 14.2. The molecule has 158 valence electrons. The van der Waals surface area contributed by atoms with Crippen molar-refractivity contribution in [3.8, 4) is 0 Å². The fourth-order valence-corrected chi connectivity index (χ4v) is 5.39. The summed E-state index contributed by atoms with van der Waals surface area (Å²) in [7, 11) is 0. The smallest absolute Gasteiger partial charge is 0.279 e. The molecule has 1 aliphatic carbocycles. The number of hydrazine groups is 1. The Morgan fingerprint density at radius 3 is 2.67 bits per heavy atom. The molecule has 2 atom stereocenters. The first kappa shape index (κ1) is 20.6. The molecule has 2 heterocycles. The molecule has 2 aliphatic rings. The highest BCUT2D eigenvalue weighted by Crippen LogP contribution is 2.40. The van der Waals surface area contributed by atoms with Crippen molar-refractivity contribution in [2.24, 2.45) is 11.3 Å². The molecule has 1 aromatic carbocycles. The van der Waals surface area contributed by atoms with Gasteiger partial charge in [0.05, 0.1) is 10.8 Å². The summed E-state index contributed by atoms with van der Waals surface area (Å²) >= 11 is 1.50. The number of carbonyl (C=O) groups is 3. The van der Waals surface area contributed by atoms with E-state index in [1.807, 2.05) is 24.3 Å². The lowest BCUT2D eigenvalue weighted by Crippen LogP contribution is -2.45. The summed E-state index contributed by atoms with van der Waals surface area (Å²) in [6.45, 7) is 6.80. The van der Waals surface area contributed by atoms with Crippen molar-refractivity contribution >= 4 is 34.7 Å². The summed E-state index contributed by atoms with van der Waals surface area (Å²) in [6, 6.07) is 9.19. The standard InChI is InChI=1S/C23H27N3O3S/c1-23(2,3)14-8-9-18-13(10-14)11-19(30-18)22(29)26-25-21(28)16-12-20(27)24-17-7-5-4-6-15(16)17/h4-7,11,14,16H,8-10,12H2,1-3H3,(H,24,27)(H,25,28)(H,26,29). The van der Waals surface area contributed by atoms with Gasteiger partial charge in [0.25, 0.3) is 5.91 Å². The lowest BCUT2D eigenvalue weighted by Gasteiger charge is -2.33. The zero-order valence-corrected chi connectivity index (χ0v) is 18.3. The summed E-state index contributed by atoms with van der Waals surface area (Å²) in [5, 5.41) is 2.77. The number of anilines is 1. The van der Waals surface area contributed by atoms with Gasteiger partial charge in [-0.25, -0.2) is 0 Å². The number of rotatable bonds is 2. The minimum atomic E-state index is -0.626. The third-order valence-electron chi connectivity index (χ3n) is 6.15. The van der Waals surface area contributed by atoms with E-state index in [1.54, 1.807) is 6.07 Å². The van der Waals surface area contributed by atoms with Gasteiger partial charge in [-0.3, -0.25) is 25.2 Å². The Morgan fingerprint density at radius 1 is 1.13 bits per heavy atom. The molecular weight excluding hydrogens is 398 g/mol. The van der Waals surface area contributed by atoms with E-state index in [2.05, 4.69) is 36.9 Å². The molecule has 3 amide bonds. The Morgan fingerprint density at radius 2 is 1.90 bits per heavy atom. The zero-order valence-electron chi connectivity index (χ0n) is 17.5. The Balaban J connectivity index is 1.41. The summed E-state index contributed by atoms with van der Waals surface area (Å²) < 4.78 is 0. The first-order valence-electron chi connectivity index (χ1n) is 10.3. The van der Waals surface area contributed by atoms with Crippen LogP contribution in [0.15, 0.2) is 30.3 Å². The fourth-order valence-electron chi connectivity index (χ4n) is 4.29. The van der Waals surface area contributed by atoms with E-state index in [0.29, 0.717) is 16.5 Å². The maximum atomic E-state index is 12.7. The SMILES string of the molecule is CC(C)(C)C1CCc2sc(C(=O)NNC(=O)C3CC(=O)Nc4ccccc43)cc2C1.